The van der Waals surface area contributed by atoms with Gasteiger partial charge in [0.1, 0.15) is 11.8 Å². The smallest absolute Gasteiger partial charge is 0.272 e. The Labute approximate surface area is 97.7 Å². The van der Waals surface area contributed by atoms with Crippen LogP contribution < -0.4 is 0 Å². The molecule has 6 nitrogen and oxygen atoms in total. The van der Waals surface area contributed by atoms with Crippen LogP contribution in [0.15, 0.2) is 18.3 Å². The van der Waals surface area contributed by atoms with Crippen LogP contribution in [0.25, 0.3) is 0 Å². The molecule has 2 heterocycles. The molecule has 2 rings (SSSR count). The first-order valence-electron chi connectivity index (χ1n) is 5.13. The Morgan fingerprint density at radius 3 is 2.53 bits per heavy atom. The van der Waals surface area contributed by atoms with Crippen molar-refractivity contribution in [2.45, 2.75) is 12.2 Å². The van der Waals surface area contributed by atoms with Gasteiger partial charge in [0.15, 0.2) is 0 Å². The summed E-state index contributed by atoms with van der Waals surface area (Å²) in [4.78, 5) is 17.1. The molecule has 1 aliphatic rings. The Bertz CT molecular complexity index is 456. The van der Waals surface area contributed by atoms with Crippen LogP contribution in [0.3, 0.4) is 0 Å². The Kier molecular flexibility index (Phi) is 3.04. The summed E-state index contributed by atoms with van der Waals surface area (Å²) >= 11 is 0. The minimum Gasteiger partial charge on any atom is -0.388 e. The predicted molar refractivity (Wildman–Crippen MR) is 56.9 cm³/mol. The summed E-state index contributed by atoms with van der Waals surface area (Å²) in [5, 5.41) is 27.3. The van der Waals surface area contributed by atoms with Crippen LogP contribution in [0, 0.1) is 11.3 Å². The van der Waals surface area contributed by atoms with E-state index in [1.807, 2.05) is 6.07 Å². The first-order chi connectivity index (χ1) is 8.11. The monoisotopic (exact) mass is 233 g/mol. The highest BCUT2D eigenvalue weighted by molar-refractivity contribution is 5.92. The first kappa shape index (κ1) is 11.5. The number of rotatable bonds is 1. The number of nitriles is 1. The second-order valence-corrected chi connectivity index (χ2v) is 3.89. The lowest BCUT2D eigenvalue weighted by molar-refractivity contribution is 0.0572. The van der Waals surface area contributed by atoms with Gasteiger partial charge >= 0.3 is 0 Å². The van der Waals surface area contributed by atoms with E-state index in [4.69, 9.17) is 5.26 Å². The van der Waals surface area contributed by atoms with Crippen LogP contribution in [0.2, 0.25) is 0 Å². The number of amides is 1. The molecule has 0 bridgehead atoms. The molecule has 2 atom stereocenters. The molecule has 88 valence electrons. The van der Waals surface area contributed by atoms with E-state index in [1.165, 1.54) is 23.2 Å². The minimum atomic E-state index is -0.905. The normalized spacial score (nSPS) is 23.5. The maximum Gasteiger partial charge on any atom is 0.272 e. The highest BCUT2D eigenvalue weighted by Crippen LogP contribution is 2.13. The fourth-order valence-corrected chi connectivity index (χ4v) is 1.68. The summed E-state index contributed by atoms with van der Waals surface area (Å²) in [6, 6.07) is 4.87. The zero-order valence-corrected chi connectivity index (χ0v) is 8.95. The van der Waals surface area contributed by atoms with Gasteiger partial charge in [0, 0.05) is 19.3 Å². The zero-order valence-electron chi connectivity index (χ0n) is 8.95. The second-order valence-electron chi connectivity index (χ2n) is 3.89. The number of hydrogen-bond acceptors (Lipinski definition) is 5. The van der Waals surface area contributed by atoms with Gasteiger partial charge in [-0.1, -0.05) is 0 Å². The largest absolute Gasteiger partial charge is 0.388 e. The average molecular weight is 233 g/mol. The van der Waals surface area contributed by atoms with Gasteiger partial charge in [0.05, 0.1) is 17.8 Å². The van der Waals surface area contributed by atoms with Crippen molar-refractivity contribution in [1.82, 2.24) is 9.88 Å². The van der Waals surface area contributed by atoms with E-state index in [0.29, 0.717) is 5.56 Å². The Balaban J connectivity index is 2.12. The summed E-state index contributed by atoms with van der Waals surface area (Å²) in [5.41, 5.74) is 0.577. The minimum absolute atomic E-state index is 0.0989. The molecule has 1 fully saturated rings. The van der Waals surface area contributed by atoms with E-state index in [-0.39, 0.29) is 24.7 Å². The third kappa shape index (κ3) is 2.25. The molecule has 1 amide bonds. The molecule has 1 aromatic heterocycles. The lowest BCUT2D eigenvalue weighted by atomic mass is 10.2. The molecule has 1 aliphatic heterocycles. The first-order valence-corrected chi connectivity index (χ1v) is 5.13. The third-order valence-corrected chi connectivity index (χ3v) is 2.66. The van der Waals surface area contributed by atoms with Gasteiger partial charge in [-0.25, -0.2) is 4.98 Å². The summed E-state index contributed by atoms with van der Waals surface area (Å²) in [5.74, 6) is -0.356. The maximum absolute atomic E-state index is 11.9. The molecule has 17 heavy (non-hydrogen) atoms. The molecule has 0 aromatic carbocycles. The summed E-state index contributed by atoms with van der Waals surface area (Å²) in [7, 11) is 0. The SMILES string of the molecule is N#Cc1ccc(C(=O)N2C[C@@H](O)[C@@H](O)C2)nc1. The molecule has 1 saturated heterocycles. The van der Waals surface area contributed by atoms with Crippen LogP contribution in [0.1, 0.15) is 16.1 Å². The predicted octanol–water partition coefficient (Wildman–Crippen LogP) is -0.869. The molecule has 2 N–H and O–H groups in total. The van der Waals surface area contributed by atoms with Gasteiger partial charge in [-0.05, 0) is 12.1 Å². The lowest BCUT2D eigenvalue weighted by Gasteiger charge is -2.14. The van der Waals surface area contributed by atoms with Gasteiger partial charge in [0.2, 0.25) is 0 Å². The molecule has 1 aromatic rings. The number of likely N-dealkylation sites (tertiary alicyclic amines) is 1. The van der Waals surface area contributed by atoms with Gasteiger partial charge in [0.25, 0.3) is 5.91 Å². The quantitative estimate of drug-likeness (QED) is 0.657. The van der Waals surface area contributed by atoms with Gasteiger partial charge in [-0.3, -0.25) is 4.79 Å². The number of pyridine rings is 1. The fraction of sp³-hybridized carbons (Fsp3) is 0.364. The molecule has 0 aliphatic carbocycles. The van der Waals surface area contributed by atoms with Crippen molar-refractivity contribution >= 4 is 5.91 Å². The number of aliphatic hydroxyl groups excluding tert-OH is 2. The van der Waals surface area contributed by atoms with Crippen molar-refractivity contribution in [3.05, 3.63) is 29.6 Å². The number of carbonyl (C=O) groups is 1. The van der Waals surface area contributed by atoms with Crippen molar-refractivity contribution in [3.8, 4) is 6.07 Å². The van der Waals surface area contributed by atoms with Crippen molar-refractivity contribution in [3.63, 3.8) is 0 Å². The van der Waals surface area contributed by atoms with Gasteiger partial charge in [-0.15, -0.1) is 0 Å². The topological polar surface area (TPSA) is 97.5 Å². The molecule has 0 unspecified atom stereocenters. The van der Waals surface area contributed by atoms with Crippen molar-refractivity contribution < 1.29 is 15.0 Å². The fourth-order valence-electron chi connectivity index (χ4n) is 1.68. The summed E-state index contributed by atoms with van der Waals surface area (Å²) in [6.45, 7) is 0.198. The van der Waals surface area contributed by atoms with Crippen LogP contribution in [0.4, 0.5) is 0 Å². The Morgan fingerprint density at radius 2 is 2.06 bits per heavy atom. The zero-order chi connectivity index (χ0) is 12.4. The van der Waals surface area contributed by atoms with Crippen molar-refractivity contribution in [2.24, 2.45) is 0 Å². The molecule has 0 spiro atoms. The van der Waals surface area contributed by atoms with E-state index in [2.05, 4.69) is 4.98 Å². The van der Waals surface area contributed by atoms with Gasteiger partial charge < -0.3 is 15.1 Å². The van der Waals surface area contributed by atoms with E-state index in [9.17, 15) is 15.0 Å². The Hall–Kier alpha value is -1.97. The standard InChI is InChI=1S/C11H11N3O3/c12-3-7-1-2-8(13-4-7)11(17)14-5-9(15)10(16)6-14/h1-2,4,9-10,15-16H,5-6H2/t9-,10+. The Morgan fingerprint density at radius 1 is 1.41 bits per heavy atom. The highest BCUT2D eigenvalue weighted by Gasteiger charge is 2.33. The van der Waals surface area contributed by atoms with Crippen LogP contribution >= 0.6 is 0 Å². The number of aromatic nitrogens is 1. The summed E-state index contributed by atoms with van der Waals surface area (Å²) in [6.07, 6.45) is -0.495. The number of aliphatic hydroxyl groups is 2. The van der Waals surface area contributed by atoms with Gasteiger partial charge in [-0.2, -0.15) is 5.26 Å². The van der Waals surface area contributed by atoms with Crippen LogP contribution in [0.5, 0.6) is 0 Å². The molecule has 0 saturated carbocycles. The molecule has 6 heteroatoms. The summed E-state index contributed by atoms with van der Waals surface area (Å²) < 4.78 is 0. The van der Waals surface area contributed by atoms with E-state index < -0.39 is 12.2 Å². The van der Waals surface area contributed by atoms with Crippen LogP contribution in [-0.4, -0.2) is 51.3 Å². The lowest BCUT2D eigenvalue weighted by Crippen LogP contribution is -2.30. The number of nitrogens with zero attached hydrogens (tertiary/aromatic N) is 3. The highest BCUT2D eigenvalue weighted by atomic mass is 16.3. The third-order valence-electron chi connectivity index (χ3n) is 2.66. The van der Waals surface area contributed by atoms with Crippen LogP contribution in [-0.2, 0) is 0 Å². The molecular weight excluding hydrogens is 222 g/mol. The van der Waals surface area contributed by atoms with Crippen molar-refractivity contribution in [1.29, 1.82) is 5.26 Å². The molecule has 0 radical (unpaired) electrons. The van der Waals surface area contributed by atoms with Crippen molar-refractivity contribution in [2.75, 3.05) is 13.1 Å². The van der Waals surface area contributed by atoms with E-state index in [0.717, 1.165) is 0 Å². The number of β-amino-alcohol motifs (C(OH)–C–C–N with tert-alkyl or cyclic N) is 2. The average Bonchev–Trinajstić information content (AvgIpc) is 2.69. The number of hydrogen-bond donors (Lipinski definition) is 2. The van der Waals surface area contributed by atoms with E-state index >= 15 is 0 Å². The number of carbonyl (C=O) groups excluding carboxylic acids is 1. The van der Waals surface area contributed by atoms with E-state index in [1.54, 1.807) is 0 Å². The second kappa shape index (κ2) is 4.49. The molecular formula is C11H11N3O3. The maximum atomic E-state index is 11.9.